The average Bonchev–Trinajstić information content (AvgIpc) is 2.75. The number of carbonyl (C=O) groups is 1. The Kier molecular flexibility index (Phi) is 4.81. The Balaban J connectivity index is 1.78. The number of hydrogen-bond acceptors (Lipinski definition) is 3. The number of ether oxygens (including phenoxy) is 2. The van der Waals surface area contributed by atoms with Gasteiger partial charge < -0.3 is 9.47 Å². The van der Waals surface area contributed by atoms with Crippen LogP contribution in [0.5, 0.6) is 11.5 Å². The van der Waals surface area contributed by atoms with E-state index in [1.54, 1.807) is 38.5 Å². The summed E-state index contributed by atoms with van der Waals surface area (Å²) in [6, 6.07) is 23.8. The van der Waals surface area contributed by atoms with Crippen molar-refractivity contribution in [3.63, 3.8) is 0 Å². The van der Waals surface area contributed by atoms with E-state index in [4.69, 9.17) is 9.47 Å². The Labute approximate surface area is 163 Å². The molecule has 0 amide bonds. The molecule has 3 heteroatoms. The number of benzene rings is 4. The number of carbonyl (C=O) groups excluding carboxylic acids is 1. The van der Waals surface area contributed by atoms with Gasteiger partial charge in [0.05, 0.1) is 14.2 Å². The third kappa shape index (κ3) is 3.23. The Morgan fingerprint density at radius 2 is 1.36 bits per heavy atom. The first kappa shape index (κ1) is 17.8. The van der Waals surface area contributed by atoms with Crippen molar-refractivity contribution in [2.45, 2.75) is 0 Å². The van der Waals surface area contributed by atoms with Crippen LogP contribution in [0.1, 0.15) is 15.9 Å². The summed E-state index contributed by atoms with van der Waals surface area (Å²) in [6.45, 7) is 0. The summed E-state index contributed by atoms with van der Waals surface area (Å²) in [6.07, 6.45) is 3.53. The van der Waals surface area contributed by atoms with Gasteiger partial charge in [-0.3, -0.25) is 4.79 Å². The van der Waals surface area contributed by atoms with Gasteiger partial charge >= 0.3 is 0 Å². The van der Waals surface area contributed by atoms with Crippen LogP contribution < -0.4 is 9.47 Å². The molecule has 0 saturated carbocycles. The Hall–Kier alpha value is -3.59. The molecule has 0 unspecified atom stereocenters. The van der Waals surface area contributed by atoms with E-state index in [9.17, 15) is 4.79 Å². The lowest BCUT2D eigenvalue weighted by Gasteiger charge is -2.09. The second-order valence-corrected chi connectivity index (χ2v) is 6.50. The van der Waals surface area contributed by atoms with Crippen molar-refractivity contribution >= 4 is 33.4 Å². The lowest BCUT2D eigenvalue weighted by molar-refractivity contribution is 0.104. The highest BCUT2D eigenvalue weighted by Crippen LogP contribution is 2.30. The summed E-state index contributed by atoms with van der Waals surface area (Å²) in [4.78, 5) is 12.8. The van der Waals surface area contributed by atoms with Crippen LogP contribution in [0.15, 0.2) is 78.9 Å². The van der Waals surface area contributed by atoms with Crippen LogP contribution in [0, 0.1) is 0 Å². The molecule has 0 aliphatic carbocycles. The summed E-state index contributed by atoms with van der Waals surface area (Å²) >= 11 is 0. The molecule has 28 heavy (non-hydrogen) atoms. The van der Waals surface area contributed by atoms with E-state index < -0.39 is 0 Å². The zero-order valence-corrected chi connectivity index (χ0v) is 15.8. The van der Waals surface area contributed by atoms with E-state index in [1.807, 2.05) is 30.3 Å². The van der Waals surface area contributed by atoms with Crippen LogP contribution in [0.2, 0.25) is 0 Å². The molecule has 0 saturated heterocycles. The molecule has 0 N–H and O–H groups in total. The number of hydrogen-bond donors (Lipinski definition) is 0. The van der Waals surface area contributed by atoms with E-state index in [2.05, 4.69) is 30.3 Å². The maximum absolute atomic E-state index is 12.8. The molecule has 0 fully saturated rings. The van der Waals surface area contributed by atoms with Gasteiger partial charge in [-0.2, -0.15) is 0 Å². The molecule has 138 valence electrons. The van der Waals surface area contributed by atoms with Gasteiger partial charge in [0, 0.05) is 5.56 Å². The number of fused-ring (bicyclic) bond motifs is 2. The van der Waals surface area contributed by atoms with Crippen LogP contribution in [-0.4, -0.2) is 20.0 Å². The SMILES string of the molecule is COc1ccc(C(=O)C=Cc2c3ccccc3cc3ccccc23)cc1OC. The molecular formula is C25H20O3. The van der Waals surface area contributed by atoms with Gasteiger partial charge in [-0.05, 0) is 63.5 Å². The monoisotopic (exact) mass is 368 g/mol. The molecule has 0 bridgehead atoms. The summed E-state index contributed by atoms with van der Waals surface area (Å²) in [5, 5.41) is 4.55. The van der Waals surface area contributed by atoms with Gasteiger partial charge in [-0.15, -0.1) is 0 Å². The maximum atomic E-state index is 12.8. The van der Waals surface area contributed by atoms with Crippen LogP contribution in [-0.2, 0) is 0 Å². The zero-order chi connectivity index (χ0) is 19.5. The summed E-state index contributed by atoms with van der Waals surface area (Å²) < 4.78 is 10.5. The van der Waals surface area contributed by atoms with Crippen LogP contribution in [0.25, 0.3) is 27.6 Å². The van der Waals surface area contributed by atoms with Crippen molar-refractivity contribution in [2.24, 2.45) is 0 Å². The van der Waals surface area contributed by atoms with Gasteiger partial charge in [-0.25, -0.2) is 0 Å². The van der Waals surface area contributed by atoms with E-state index >= 15 is 0 Å². The molecule has 0 aliphatic heterocycles. The molecule has 0 atom stereocenters. The van der Waals surface area contributed by atoms with E-state index in [0.717, 1.165) is 27.1 Å². The molecule has 0 aromatic heterocycles. The fourth-order valence-electron chi connectivity index (χ4n) is 3.47. The third-order valence-electron chi connectivity index (χ3n) is 4.88. The largest absolute Gasteiger partial charge is 0.493 e. The molecule has 0 radical (unpaired) electrons. The van der Waals surface area contributed by atoms with Gasteiger partial charge in [0.15, 0.2) is 17.3 Å². The highest BCUT2D eigenvalue weighted by atomic mass is 16.5. The van der Waals surface area contributed by atoms with Gasteiger partial charge in [0.2, 0.25) is 0 Å². The second kappa shape index (κ2) is 7.57. The number of allylic oxidation sites excluding steroid dienone is 1. The van der Waals surface area contributed by atoms with Crippen molar-refractivity contribution in [3.05, 3.63) is 90.0 Å². The molecule has 0 spiro atoms. The van der Waals surface area contributed by atoms with Crippen LogP contribution in [0.3, 0.4) is 0 Å². The first-order valence-electron chi connectivity index (χ1n) is 9.06. The zero-order valence-electron chi connectivity index (χ0n) is 15.8. The number of rotatable bonds is 5. The van der Waals surface area contributed by atoms with Crippen molar-refractivity contribution < 1.29 is 14.3 Å². The topological polar surface area (TPSA) is 35.5 Å². The standard InChI is InChI=1S/C25H20O3/c1-27-24-14-11-19(16-25(24)28-2)23(26)13-12-22-20-9-5-3-7-17(20)15-18-8-4-6-10-21(18)22/h3-16H,1-2H3. The van der Waals surface area contributed by atoms with Crippen LogP contribution in [0.4, 0.5) is 0 Å². The predicted octanol–water partition coefficient (Wildman–Crippen LogP) is 5.91. The second-order valence-electron chi connectivity index (χ2n) is 6.50. The molecular weight excluding hydrogens is 348 g/mol. The summed E-state index contributed by atoms with van der Waals surface area (Å²) in [7, 11) is 3.13. The lowest BCUT2D eigenvalue weighted by atomic mass is 9.96. The Morgan fingerprint density at radius 1 is 0.750 bits per heavy atom. The highest BCUT2D eigenvalue weighted by Gasteiger charge is 2.10. The molecule has 3 nitrogen and oxygen atoms in total. The van der Waals surface area contributed by atoms with E-state index in [-0.39, 0.29) is 5.78 Å². The fraction of sp³-hybridized carbons (Fsp3) is 0.0800. The molecule has 4 rings (SSSR count). The Bertz CT molecular complexity index is 1150. The van der Waals surface area contributed by atoms with Crippen molar-refractivity contribution in [2.75, 3.05) is 14.2 Å². The Morgan fingerprint density at radius 3 is 1.96 bits per heavy atom. The smallest absolute Gasteiger partial charge is 0.185 e. The van der Waals surface area contributed by atoms with E-state index in [0.29, 0.717) is 17.1 Å². The van der Waals surface area contributed by atoms with Crippen molar-refractivity contribution in [3.8, 4) is 11.5 Å². The minimum Gasteiger partial charge on any atom is -0.493 e. The van der Waals surface area contributed by atoms with Gasteiger partial charge in [0.1, 0.15) is 0 Å². The minimum absolute atomic E-state index is 0.0852. The fourth-order valence-corrected chi connectivity index (χ4v) is 3.47. The lowest BCUT2D eigenvalue weighted by Crippen LogP contribution is -1.97. The van der Waals surface area contributed by atoms with Gasteiger partial charge in [-0.1, -0.05) is 48.5 Å². The first-order valence-corrected chi connectivity index (χ1v) is 9.06. The maximum Gasteiger partial charge on any atom is 0.185 e. The normalized spacial score (nSPS) is 11.2. The highest BCUT2D eigenvalue weighted by molar-refractivity contribution is 6.12. The van der Waals surface area contributed by atoms with Crippen LogP contribution >= 0.6 is 0 Å². The van der Waals surface area contributed by atoms with Crippen molar-refractivity contribution in [1.29, 1.82) is 0 Å². The summed E-state index contributed by atoms with van der Waals surface area (Å²) in [5.74, 6) is 1.05. The number of ketones is 1. The molecule has 0 aliphatic rings. The van der Waals surface area contributed by atoms with Crippen molar-refractivity contribution in [1.82, 2.24) is 0 Å². The molecule has 4 aromatic rings. The number of methoxy groups -OCH3 is 2. The van der Waals surface area contributed by atoms with Gasteiger partial charge in [0.25, 0.3) is 0 Å². The predicted molar refractivity (Wildman–Crippen MR) is 114 cm³/mol. The molecule has 4 aromatic carbocycles. The first-order chi connectivity index (χ1) is 13.7. The van der Waals surface area contributed by atoms with E-state index in [1.165, 1.54) is 0 Å². The minimum atomic E-state index is -0.0852. The molecule has 0 heterocycles. The quantitative estimate of drug-likeness (QED) is 0.250. The average molecular weight is 368 g/mol. The third-order valence-corrected chi connectivity index (χ3v) is 4.88. The summed E-state index contributed by atoms with van der Waals surface area (Å²) in [5.41, 5.74) is 1.60.